The highest BCUT2D eigenvalue weighted by Crippen LogP contribution is 2.31. The van der Waals surface area contributed by atoms with Crippen molar-refractivity contribution in [1.29, 1.82) is 0 Å². The van der Waals surface area contributed by atoms with Gasteiger partial charge in [0.05, 0.1) is 11.8 Å². The van der Waals surface area contributed by atoms with Crippen molar-refractivity contribution in [3.63, 3.8) is 0 Å². The Balaban J connectivity index is 1.98. The number of pyridine rings is 1. The summed E-state index contributed by atoms with van der Waals surface area (Å²) in [6.07, 6.45) is 4.40. The molecule has 27 heavy (non-hydrogen) atoms. The Morgan fingerprint density at radius 3 is 2.59 bits per heavy atom. The zero-order chi connectivity index (χ0) is 18.8. The normalized spacial score (nSPS) is 11.3. The maximum Gasteiger partial charge on any atom is 0.260 e. The van der Waals surface area contributed by atoms with E-state index in [0.717, 1.165) is 5.56 Å². The van der Waals surface area contributed by atoms with E-state index in [0.29, 0.717) is 27.2 Å². The van der Waals surface area contributed by atoms with Crippen molar-refractivity contribution < 1.29 is 9.21 Å². The van der Waals surface area contributed by atoms with Gasteiger partial charge in [0, 0.05) is 21.5 Å². The fourth-order valence-corrected chi connectivity index (χ4v) is 3.20. The first-order chi connectivity index (χ1) is 13.1. The summed E-state index contributed by atoms with van der Waals surface area (Å²) in [4.78, 5) is 28.4. The molecule has 2 aromatic heterocycles. The van der Waals surface area contributed by atoms with Gasteiger partial charge >= 0.3 is 0 Å². The average Bonchev–Trinajstić information content (AvgIpc) is 3.20. The van der Waals surface area contributed by atoms with Crippen molar-refractivity contribution in [1.82, 2.24) is 4.98 Å². The van der Waals surface area contributed by atoms with Crippen LogP contribution in [0, 0.1) is 0 Å². The van der Waals surface area contributed by atoms with Crippen LogP contribution in [0.2, 0.25) is 5.02 Å². The van der Waals surface area contributed by atoms with Gasteiger partial charge in [-0.1, -0.05) is 41.9 Å². The second-order valence-electron chi connectivity index (χ2n) is 5.97. The molecule has 0 aliphatic carbocycles. The molecule has 0 radical (unpaired) electrons. The van der Waals surface area contributed by atoms with Gasteiger partial charge in [-0.3, -0.25) is 9.59 Å². The number of aromatic nitrogens is 1. The molecule has 0 fully saturated rings. The second kappa shape index (κ2) is 7.09. The SMILES string of the molecule is O=C(/C=C/c1ccco1)c1c(-c2ccccc2)c2cc(Cl)ccc2[nH]c1=O. The zero-order valence-corrected chi connectivity index (χ0v) is 14.9. The van der Waals surface area contributed by atoms with Crippen LogP contribution in [0.4, 0.5) is 0 Å². The molecule has 0 bridgehead atoms. The van der Waals surface area contributed by atoms with E-state index in [1.54, 1.807) is 36.4 Å². The topological polar surface area (TPSA) is 63.1 Å². The van der Waals surface area contributed by atoms with Crippen molar-refractivity contribution in [3.8, 4) is 11.1 Å². The van der Waals surface area contributed by atoms with Crippen LogP contribution in [-0.4, -0.2) is 10.8 Å². The lowest BCUT2D eigenvalue weighted by Gasteiger charge is -2.11. The Morgan fingerprint density at radius 2 is 1.85 bits per heavy atom. The van der Waals surface area contributed by atoms with Gasteiger partial charge in [-0.25, -0.2) is 0 Å². The number of nitrogens with one attached hydrogen (secondary N) is 1. The summed E-state index contributed by atoms with van der Waals surface area (Å²) >= 11 is 6.18. The lowest BCUT2D eigenvalue weighted by molar-refractivity contribution is 0.104. The van der Waals surface area contributed by atoms with E-state index in [9.17, 15) is 9.59 Å². The summed E-state index contributed by atoms with van der Waals surface area (Å²) in [6.45, 7) is 0. The number of halogens is 1. The molecule has 0 aliphatic heterocycles. The van der Waals surface area contributed by atoms with E-state index in [1.165, 1.54) is 12.3 Å². The standard InChI is InChI=1S/C22H14ClNO3/c23-15-8-10-18-17(13-15)20(14-5-2-1-3-6-14)21(22(26)24-18)19(25)11-9-16-7-4-12-27-16/h1-13H,(H,24,26)/b11-9+. The molecule has 0 saturated heterocycles. The number of ketones is 1. The highest BCUT2D eigenvalue weighted by Gasteiger charge is 2.19. The van der Waals surface area contributed by atoms with Crippen LogP contribution in [0.1, 0.15) is 16.1 Å². The molecule has 5 heteroatoms. The molecule has 0 saturated carbocycles. The van der Waals surface area contributed by atoms with Crippen molar-refractivity contribution in [2.75, 3.05) is 0 Å². The third-order valence-corrected chi connectivity index (χ3v) is 4.46. The summed E-state index contributed by atoms with van der Waals surface area (Å²) in [5.41, 5.74) is 1.57. The first kappa shape index (κ1) is 17.1. The Hall–Kier alpha value is -3.37. The van der Waals surface area contributed by atoms with Crippen LogP contribution in [-0.2, 0) is 0 Å². The minimum absolute atomic E-state index is 0.0683. The van der Waals surface area contributed by atoms with E-state index < -0.39 is 11.3 Å². The van der Waals surface area contributed by atoms with E-state index in [-0.39, 0.29) is 5.56 Å². The molecule has 4 nitrogen and oxygen atoms in total. The Bertz CT molecular complexity index is 1210. The molecule has 132 valence electrons. The Kier molecular flexibility index (Phi) is 4.48. The molecular formula is C22H14ClNO3. The third-order valence-electron chi connectivity index (χ3n) is 4.23. The molecule has 1 N–H and O–H groups in total. The number of aromatic amines is 1. The van der Waals surface area contributed by atoms with Gasteiger partial charge in [0.15, 0.2) is 5.78 Å². The van der Waals surface area contributed by atoms with Gasteiger partial charge in [-0.2, -0.15) is 0 Å². The average molecular weight is 376 g/mol. The maximum atomic E-state index is 12.9. The van der Waals surface area contributed by atoms with Crippen molar-refractivity contribution in [2.24, 2.45) is 0 Å². The summed E-state index contributed by atoms with van der Waals surface area (Å²) in [6, 6.07) is 18.0. The van der Waals surface area contributed by atoms with Crippen LogP contribution in [0.15, 0.2) is 82.2 Å². The highest BCUT2D eigenvalue weighted by molar-refractivity contribution is 6.31. The van der Waals surface area contributed by atoms with Gasteiger partial charge in [0.2, 0.25) is 0 Å². The van der Waals surface area contributed by atoms with Crippen molar-refractivity contribution >= 4 is 34.4 Å². The number of carbonyl (C=O) groups is 1. The first-order valence-electron chi connectivity index (χ1n) is 8.30. The fourth-order valence-electron chi connectivity index (χ4n) is 3.03. The van der Waals surface area contributed by atoms with Crippen LogP contribution in [0.3, 0.4) is 0 Å². The molecule has 2 heterocycles. The lowest BCUT2D eigenvalue weighted by Crippen LogP contribution is -2.18. The number of carbonyl (C=O) groups excluding carboxylic acids is 1. The minimum atomic E-state index is -0.447. The van der Waals surface area contributed by atoms with Gasteiger partial charge < -0.3 is 9.40 Å². The maximum absolute atomic E-state index is 12.9. The monoisotopic (exact) mass is 375 g/mol. The van der Waals surface area contributed by atoms with Crippen molar-refractivity contribution in [2.45, 2.75) is 0 Å². The van der Waals surface area contributed by atoms with Crippen LogP contribution in [0.5, 0.6) is 0 Å². The number of H-pyrrole nitrogens is 1. The molecule has 0 unspecified atom stereocenters. The number of allylic oxidation sites excluding steroid dienone is 1. The van der Waals surface area contributed by atoms with Crippen LogP contribution >= 0.6 is 11.6 Å². The first-order valence-corrected chi connectivity index (χ1v) is 8.68. The Morgan fingerprint density at radius 1 is 1.04 bits per heavy atom. The summed E-state index contributed by atoms with van der Waals surface area (Å²) in [5.74, 6) is 0.123. The van der Waals surface area contributed by atoms with Gasteiger partial charge in [-0.15, -0.1) is 0 Å². The minimum Gasteiger partial charge on any atom is -0.465 e. The zero-order valence-electron chi connectivity index (χ0n) is 14.1. The largest absolute Gasteiger partial charge is 0.465 e. The molecule has 2 aromatic carbocycles. The molecule has 4 rings (SSSR count). The predicted octanol–water partition coefficient (Wildman–Crippen LogP) is 5.34. The summed E-state index contributed by atoms with van der Waals surface area (Å²) < 4.78 is 5.21. The molecule has 0 atom stereocenters. The van der Waals surface area contributed by atoms with E-state index in [4.69, 9.17) is 16.0 Å². The Labute approximate surface area is 159 Å². The molecule has 0 amide bonds. The van der Waals surface area contributed by atoms with Crippen LogP contribution < -0.4 is 5.56 Å². The second-order valence-corrected chi connectivity index (χ2v) is 6.41. The van der Waals surface area contributed by atoms with Gasteiger partial charge in [0.25, 0.3) is 5.56 Å². The lowest BCUT2D eigenvalue weighted by atomic mass is 9.94. The smallest absolute Gasteiger partial charge is 0.260 e. The summed E-state index contributed by atoms with van der Waals surface area (Å²) in [7, 11) is 0. The van der Waals surface area contributed by atoms with Crippen LogP contribution in [0.25, 0.3) is 28.1 Å². The predicted molar refractivity (Wildman–Crippen MR) is 107 cm³/mol. The molecule has 4 aromatic rings. The number of fused-ring (bicyclic) bond motifs is 1. The van der Waals surface area contributed by atoms with E-state index >= 15 is 0 Å². The molecular weight excluding hydrogens is 362 g/mol. The number of rotatable bonds is 4. The fraction of sp³-hybridized carbons (Fsp3) is 0. The summed E-state index contributed by atoms with van der Waals surface area (Å²) in [5, 5.41) is 1.24. The van der Waals surface area contributed by atoms with Gasteiger partial charge in [0.1, 0.15) is 5.76 Å². The van der Waals surface area contributed by atoms with E-state index in [2.05, 4.69) is 4.98 Å². The molecule has 0 aliphatic rings. The van der Waals surface area contributed by atoms with E-state index in [1.807, 2.05) is 30.3 Å². The quantitative estimate of drug-likeness (QED) is 0.387. The highest BCUT2D eigenvalue weighted by atomic mass is 35.5. The number of hydrogen-bond acceptors (Lipinski definition) is 3. The third kappa shape index (κ3) is 3.35. The van der Waals surface area contributed by atoms with Crippen molar-refractivity contribution in [3.05, 3.63) is 99.7 Å². The number of benzene rings is 2. The number of furan rings is 1. The molecule has 0 spiro atoms. The number of hydrogen-bond donors (Lipinski definition) is 1. The van der Waals surface area contributed by atoms with Gasteiger partial charge in [-0.05, 0) is 48.0 Å².